The number of halogens is 4. The zero-order valence-corrected chi connectivity index (χ0v) is 9.68. The van der Waals surface area contributed by atoms with E-state index >= 15 is 0 Å². The van der Waals surface area contributed by atoms with Gasteiger partial charge in [0, 0.05) is 12.1 Å². The normalized spacial score (nSPS) is 11.9. The van der Waals surface area contributed by atoms with Gasteiger partial charge in [-0.1, -0.05) is 12.1 Å². The summed E-state index contributed by atoms with van der Waals surface area (Å²) in [6.07, 6.45) is -4.33. The van der Waals surface area contributed by atoms with Crippen molar-refractivity contribution in [2.24, 2.45) is 5.73 Å². The van der Waals surface area contributed by atoms with Gasteiger partial charge in [0.1, 0.15) is 11.7 Å². The zero-order chi connectivity index (χ0) is 13.9. The molecule has 0 spiro atoms. The fraction of sp³-hybridized carbons (Fsp3) is 0.364. The van der Waals surface area contributed by atoms with E-state index in [1.165, 1.54) is 25.2 Å². The molecule has 7 heteroatoms. The average Bonchev–Trinajstić information content (AvgIpc) is 2.17. The minimum Gasteiger partial charge on any atom is -0.384 e. The van der Waals surface area contributed by atoms with Crippen molar-refractivity contribution in [3.63, 3.8) is 0 Å². The number of hydrogen-bond donors (Lipinski definition) is 2. The van der Waals surface area contributed by atoms with Gasteiger partial charge in [0.25, 0.3) is 0 Å². The zero-order valence-electron chi connectivity index (χ0n) is 9.68. The van der Waals surface area contributed by atoms with E-state index < -0.39 is 24.4 Å². The molecule has 18 heavy (non-hydrogen) atoms. The molecule has 0 amide bonds. The van der Waals surface area contributed by atoms with Crippen molar-refractivity contribution in [2.45, 2.75) is 12.7 Å². The summed E-state index contributed by atoms with van der Waals surface area (Å²) in [4.78, 5) is 0.947. The van der Waals surface area contributed by atoms with Crippen LogP contribution in [-0.4, -0.2) is 30.5 Å². The maximum Gasteiger partial charge on any atom is 0.401 e. The van der Waals surface area contributed by atoms with Gasteiger partial charge in [0.15, 0.2) is 0 Å². The molecule has 1 rings (SSSR count). The minimum absolute atomic E-state index is 0.0782. The van der Waals surface area contributed by atoms with Crippen molar-refractivity contribution in [3.05, 3.63) is 35.1 Å². The Hall–Kier alpha value is -1.63. The Morgan fingerprint density at radius 2 is 2.00 bits per heavy atom. The lowest BCUT2D eigenvalue weighted by Gasteiger charge is -2.19. The Bertz CT molecular complexity index is 442. The molecule has 0 aliphatic rings. The topological polar surface area (TPSA) is 53.1 Å². The third-order valence-corrected chi connectivity index (χ3v) is 2.26. The molecule has 0 heterocycles. The monoisotopic (exact) mass is 263 g/mol. The number of amidine groups is 1. The second-order valence-corrected chi connectivity index (χ2v) is 3.98. The van der Waals surface area contributed by atoms with E-state index in [4.69, 9.17) is 11.1 Å². The second-order valence-electron chi connectivity index (χ2n) is 3.98. The van der Waals surface area contributed by atoms with Gasteiger partial charge in [-0.3, -0.25) is 10.3 Å². The summed E-state index contributed by atoms with van der Waals surface area (Å²) in [6.45, 7) is -1.33. The van der Waals surface area contributed by atoms with Gasteiger partial charge in [0.2, 0.25) is 0 Å². The number of nitrogens with two attached hydrogens (primary N) is 1. The molecule has 0 aliphatic carbocycles. The molecule has 0 saturated heterocycles. The third-order valence-electron chi connectivity index (χ3n) is 2.26. The number of hydrogen-bond acceptors (Lipinski definition) is 2. The Morgan fingerprint density at radius 1 is 1.39 bits per heavy atom. The molecule has 0 fully saturated rings. The summed E-state index contributed by atoms with van der Waals surface area (Å²) in [5.74, 6) is -1.20. The molecule has 1 aromatic carbocycles. The number of nitrogen functional groups attached to an aromatic ring is 1. The molecule has 0 saturated carbocycles. The average molecular weight is 263 g/mol. The van der Waals surface area contributed by atoms with Crippen LogP contribution in [0.3, 0.4) is 0 Å². The summed E-state index contributed by atoms with van der Waals surface area (Å²) < 4.78 is 50.2. The molecule has 0 aromatic heterocycles. The fourth-order valence-electron chi connectivity index (χ4n) is 1.56. The standard InChI is InChI=1S/C11H13F4N3/c1-18(6-11(13,14)15)5-7-3-2-4-8(9(7)12)10(16)17/h2-4H,5-6H2,1H3,(H3,16,17). The van der Waals surface area contributed by atoms with E-state index in [-0.39, 0.29) is 17.7 Å². The van der Waals surface area contributed by atoms with Gasteiger partial charge < -0.3 is 5.73 Å². The summed E-state index contributed by atoms with van der Waals surface area (Å²) in [6, 6.07) is 4.14. The van der Waals surface area contributed by atoms with Gasteiger partial charge >= 0.3 is 6.18 Å². The third kappa shape index (κ3) is 3.99. The maximum absolute atomic E-state index is 13.8. The summed E-state index contributed by atoms with van der Waals surface area (Å²) in [5.41, 5.74) is 5.14. The van der Waals surface area contributed by atoms with Crippen LogP contribution < -0.4 is 5.73 Å². The van der Waals surface area contributed by atoms with Crippen molar-refractivity contribution in [1.29, 1.82) is 5.41 Å². The smallest absolute Gasteiger partial charge is 0.384 e. The lowest BCUT2D eigenvalue weighted by molar-refractivity contribution is -0.144. The minimum atomic E-state index is -4.33. The van der Waals surface area contributed by atoms with Crippen LogP contribution in [0.1, 0.15) is 11.1 Å². The van der Waals surface area contributed by atoms with Crippen LogP contribution in [0.4, 0.5) is 17.6 Å². The van der Waals surface area contributed by atoms with Gasteiger partial charge in [-0.25, -0.2) is 4.39 Å². The maximum atomic E-state index is 13.8. The van der Waals surface area contributed by atoms with Gasteiger partial charge in [-0.15, -0.1) is 0 Å². The molecule has 0 atom stereocenters. The van der Waals surface area contributed by atoms with E-state index in [2.05, 4.69) is 0 Å². The fourth-order valence-corrected chi connectivity index (χ4v) is 1.56. The first-order valence-electron chi connectivity index (χ1n) is 5.08. The van der Waals surface area contributed by atoms with Crippen LogP contribution in [0, 0.1) is 11.2 Å². The second kappa shape index (κ2) is 5.34. The number of benzene rings is 1. The van der Waals surface area contributed by atoms with Crippen molar-refractivity contribution >= 4 is 5.84 Å². The Balaban J connectivity index is 2.85. The van der Waals surface area contributed by atoms with Crippen LogP contribution in [0.25, 0.3) is 0 Å². The largest absolute Gasteiger partial charge is 0.401 e. The molecular formula is C11H13F4N3. The molecule has 0 unspecified atom stereocenters. The Morgan fingerprint density at radius 3 is 2.50 bits per heavy atom. The number of nitrogens with zero attached hydrogens (tertiary/aromatic N) is 1. The highest BCUT2D eigenvalue weighted by Crippen LogP contribution is 2.19. The number of nitrogens with one attached hydrogen (secondary N) is 1. The van der Waals surface area contributed by atoms with Crippen molar-refractivity contribution < 1.29 is 17.6 Å². The lowest BCUT2D eigenvalue weighted by atomic mass is 10.1. The van der Waals surface area contributed by atoms with Crippen molar-refractivity contribution in [2.75, 3.05) is 13.6 Å². The van der Waals surface area contributed by atoms with E-state index in [1.54, 1.807) is 0 Å². The first-order valence-corrected chi connectivity index (χ1v) is 5.08. The predicted octanol–water partition coefficient (Wildman–Crippen LogP) is 2.10. The van der Waals surface area contributed by atoms with Gasteiger partial charge in [0.05, 0.1) is 12.1 Å². The van der Waals surface area contributed by atoms with Crippen molar-refractivity contribution in [3.8, 4) is 0 Å². The van der Waals surface area contributed by atoms with Crippen LogP contribution in [0.2, 0.25) is 0 Å². The summed E-state index contributed by atoms with van der Waals surface area (Å²) in [7, 11) is 1.24. The van der Waals surface area contributed by atoms with Crippen LogP contribution in [0.15, 0.2) is 18.2 Å². The Labute approximate surface area is 102 Å². The lowest BCUT2D eigenvalue weighted by Crippen LogP contribution is -2.31. The van der Waals surface area contributed by atoms with E-state index in [1.807, 2.05) is 0 Å². The molecule has 1 aromatic rings. The first kappa shape index (κ1) is 14.4. The van der Waals surface area contributed by atoms with Gasteiger partial charge in [-0.2, -0.15) is 13.2 Å². The van der Waals surface area contributed by atoms with Crippen LogP contribution >= 0.6 is 0 Å². The molecule has 0 radical (unpaired) electrons. The van der Waals surface area contributed by atoms with Crippen molar-refractivity contribution in [1.82, 2.24) is 4.90 Å². The highest BCUT2D eigenvalue weighted by Gasteiger charge is 2.29. The molecule has 3 N–H and O–H groups in total. The molecule has 3 nitrogen and oxygen atoms in total. The molecule has 0 aliphatic heterocycles. The Kier molecular flexibility index (Phi) is 4.28. The number of rotatable bonds is 4. The van der Waals surface area contributed by atoms with E-state index in [9.17, 15) is 17.6 Å². The SMILES string of the molecule is CN(Cc1cccc(C(=N)N)c1F)CC(F)(F)F. The highest BCUT2D eigenvalue weighted by molar-refractivity contribution is 5.95. The molecule has 0 bridgehead atoms. The number of alkyl halides is 3. The predicted molar refractivity (Wildman–Crippen MR) is 59.8 cm³/mol. The molecular weight excluding hydrogens is 250 g/mol. The van der Waals surface area contributed by atoms with Crippen LogP contribution in [-0.2, 0) is 6.54 Å². The first-order chi connectivity index (χ1) is 8.20. The summed E-state index contributed by atoms with van der Waals surface area (Å²) >= 11 is 0. The highest BCUT2D eigenvalue weighted by atomic mass is 19.4. The van der Waals surface area contributed by atoms with E-state index in [0.717, 1.165) is 4.90 Å². The van der Waals surface area contributed by atoms with Crippen LogP contribution in [0.5, 0.6) is 0 Å². The molecule has 100 valence electrons. The quantitative estimate of drug-likeness (QED) is 0.496. The van der Waals surface area contributed by atoms with E-state index in [0.29, 0.717) is 0 Å². The van der Waals surface area contributed by atoms with Gasteiger partial charge in [-0.05, 0) is 13.1 Å². The summed E-state index contributed by atoms with van der Waals surface area (Å²) in [5, 5.41) is 7.14.